The molecule has 110 valence electrons. The van der Waals surface area contributed by atoms with E-state index >= 15 is 0 Å². The van der Waals surface area contributed by atoms with Gasteiger partial charge in [0.15, 0.2) is 11.6 Å². The Bertz CT molecular complexity index is 790. The highest BCUT2D eigenvalue weighted by molar-refractivity contribution is 5.98. The Hall–Kier alpha value is -2.95. The first-order valence-corrected chi connectivity index (χ1v) is 6.90. The molecule has 0 unspecified atom stereocenters. The van der Waals surface area contributed by atoms with Crippen LogP contribution in [0, 0.1) is 6.92 Å². The lowest BCUT2D eigenvalue weighted by Gasteiger charge is -2.05. The number of ketones is 1. The number of aromatic nitrogens is 3. The SMILES string of the molecule is Cc1cc(O)cc(C(=O)Cc2cccc(-c3ncn[nH]3)c2)c1. The number of carbonyl (C=O) groups is 1. The first-order valence-electron chi connectivity index (χ1n) is 6.90. The van der Waals surface area contributed by atoms with E-state index in [9.17, 15) is 9.90 Å². The molecule has 0 aliphatic heterocycles. The number of phenols is 1. The zero-order valence-electron chi connectivity index (χ0n) is 12.1. The van der Waals surface area contributed by atoms with Crippen LogP contribution in [0.3, 0.4) is 0 Å². The Balaban J connectivity index is 1.84. The average molecular weight is 293 g/mol. The highest BCUT2D eigenvalue weighted by Gasteiger charge is 2.10. The van der Waals surface area contributed by atoms with Crippen molar-refractivity contribution >= 4 is 5.78 Å². The van der Waals surface area contributed by atoms with Crippen molar-refractivity contribution < 1.29 is 9.90 Å². The summed E-state index contributed by atoms with van der Waals surface area (Å²) in [4.78, 5) is 16.5. The van der Waals surface area contributed by atoms with Gasteiger partial charge in [-0.15, -0.1) is 0 Å². The van der Waals surface area contributed by atoms with Crippen molar-refractivity contribution in [2.45, 2.75) is 13.3 Å². The smallest absolute Gasteiger partial charge is 0.167 e. The van der Waals surface area contributed by atoms with Crippen molar-refractivity contribution in [2.75, 3.05) is 0 Å². The van der Waals surface area contributed by atoms with E-state index in [2.05, 4.69) is 15.2 Å². The maximum atomic E-state index is 12.4. The number of hydrogen-bond acceptors (Lipinski definition) is 4. The number of nitrogens with one attached hydrogen (secondary N) is 1. The number of benzene rings is 2. The first kappa shape index (κ1) is 14.0. The van der Waals surface area contributed by atoms with Crippen molar-refractivity contribution in [1.82, 2.24) is 15.2 Å². The second-order valence-corrected chi connectivity index (χ2v) is 5.19. The molecule has 0 radical (unpaired) electrons. The summed E-state index contributed by atoms with van der Waals surface area (Å²) >= 11 is 0. The Morgan fingerprint density at radius 2 is 2.09 bits per heavy atom. The van der Waals surface area contributed by atoms with Gasteiger partial charge < -0.3 is 5.11 Å². The van der Waals surface area contributed by atoms with Gasteiger partial charge in [0.2, 0.25) is 0 Å². The molecule has 3 aromatic rings. The molecule has 0 fully saturated rings. The number of aromatic amines is 1. The topological polar surface area (TPSA) is 78.9 Å². The summed E-state index contributed by atoms with van der Waals surface area (Å²) in [6.07, 6.45) is 1.72. The number of H-pyrrole nitrogens is 1. The van der Waals surface area contributed by atoms with E-state index in [-0.39, 0.29) is 18.0 Å². The number of hydrogen-bond donors (Lipinski definition) is 2. The zero-order valence-corrected chi connectivity index (χ0v) is 12.1. The number of aryl methyl sites for hydroxylation is 1. The highest BCUT2D eigenvalue weighted by Crippen LogP contribution is 2.19. The van der Waals surface area contributed by atoms with Gasteiger partial charge in [-0.1, -0.05) is 18.2 Å². The average Bonchev–Trinajstić information content (AvgIpc) is 3.00. The monoisotopic (exact) mass is 293 g/mol. The Labute approximate surface area is 127 Å². The molecule has 0 aliphatic rings. The molecule has 5 nitrogen and oxygen atoms in total. The molecule has 2 N–H and O–H groups in total. The van der Waals surface area contributed by atoms with Crippen LogP contribution in [0.4, 0.5) is 0 Å². The van der Waals surface area contributed by atoms with Crippen LogP contribution in [-0.4, -0.2) is 26.1 Å². The van der Waals surface area contributed by atoms with Gasteiger partial charge in [0, 0.05) is 17.5 Å². The van der Waals surface area contributed by atoms with Gasteiger partial charge in [0.05, 0.1) is 0 Å². The second-order valence-electron chi connectivity index (χ2n) is 5.19. The van der Waals surface area contributed by atoms with E-state index in [0.717, 1.165) is 16.7 Å². The fourth-order valence-electron chi connectivity index (χ4n) is 2.38. The van der Waals surface area contributed by atoms with Gasteiger partial charge in [0.25, 0.3) is 0 Å². The maximum absolute atomic E-state index is 12.4. The fraction of sp³-hybridized carbons (Fsp3) is 0.118. The molecule has 0 spiro atoms. The summed E-state index contributed by atoms with van der Waals surface area (Å²) in [7, 11) is 0. The first-order chi connectivity index (χ1) is 10.6. The Morgan fingerprint density at radius 3 is 2.82 bits per heavy atom. The van der Waals surface area contributed by atoms with E-state index in [1.807, 2.05) is 31.2 Å². The van der Waals surface area contributed by atoms with Crippen molar-refractivity contribution in [3.63, 3.8) is 0 Å². The minimum Gasteiger partial charge on any atom is -0.508 e. The van der Waals surface area contributed by atoms with Crippen molar-refractivity contribution in [2.24, 2.45) is 0 Å². The van der Waals surface area contributed by atoms with Crippen molar-refractivity contribution in [3.8, 4) is 17.1 Å². The van der Waals surface area contributed by atoms with Crippen LogP contribution in [0.1, 0.15) is 21.5 Å². The van der Waals surface area contributed by atoms with Crippen molar-refractivity contribution in [1.29, 1.82) is 0 Å². The predicted octanol–water partition coefficient (Wildman–Crippen LogP) is 2.91. The van der Waals surface area contributed by atoms with Crippen LogP contribution in [0.5, 0.6) is 5.75 Å². The van der Waals surface area contributed by atoms with Gasteiger partial charge >= 0.3 is 0 Å². The van der Waals surface area contributed by atoms with Gasteiger partial charge in [-0.25, -0.2) is 4.98 Å². The highest BCUT2D eigenvalue weighted by atomic mass is 16.3. The van der Waals surface area contributed by atoms with Gasteiger partial charge in [-0.05, 0) is 42.3 Å². The summed E-state index contributed by atoms with van der Waals surface area (Å²) < 4.78 is 0. The molecule has 2 aromatic carbocycles. The largest absolute Gasteiger partial charge is 0.508 e. The zero-order chi connectivity index (χ0) is 15.5. The van der Waals surface area contributed by atoms with Gasteiger partial charge in [-0.3, -0.25) is 9.89 Å². The molecular weight excluding hydrogens is 278 g/mol. The Morgan fingerprint density at radius 1 is 1.23 bits per heavy atom. The molecule has 0 saturated heterocycles. The van der Waals surface area contributed by atoms with Crippen LogP contribution in [-0.2, 0) is 6.42 Å². The van der Waals surface area contributed by atoms with Crippen molar-refractivity contribution in [3.05, 3.63) is 65.5 Å². The van der Waals surface area contributed by atoms with Gasteiger partial charge in [-0.2, -0.15) is 5.10 Å². The summed E-state index contributed by atoms with van der Waals surface area (Å²) in [5.74, 6) is 0.745. The summed E-state index contributed by atoms with van der Waals surface area (Å²) in [6.45, 7) is 1.85. The minimum absolute atomic E-state index is 0.0336. The number of carbonyl (C=O) groups excluding carboxylic acids is 1. The van der Waals surface area contributed by atoms with E-state index in [1.54, 1.807) is 12.1 Å². The fourth-order valence-corrected chi connectivity index (χ4v) is 2.38. The molecule has 0 aliphatic carbocycles. The lowest BCUT2D eigenvalue weighted by Crippen LogP contribution is -2.04. The van der Waals surface area contributed by atoms with Crippen LogP contribution >= 0.6 is 0 Å². The number of Topliss-reactive ketones (excluding diaryl/α,β-unsaturated/α-hetero) is 1. The van der Waals surface area contributed by atoms with Crippen LogP contribution in [0.25, 0.3) is 11.4 Å². The molecule has 3 rings (SSSR count). The molecule has 1 heterocycles. The lowest BCUT2D eigenvalue weighted by molar-refractivity contribution is 0.0992. The molecule has 1 aromatic heterocycles. The molecule has 0 atom stereocenters. The second kappa shape index (κ2) is 5.81. The van der Waals surface area contributed by atoms with Gasteiger partial charge in [0.1, 0.15) is 12.1 Å². The van der Waals surface area contributed by atoms with E-state index < -0.39 is 0 Å². The third kappa shape index (κ3) is 3.03. The van der Waals surface area contributed by atoms with E-state index in [1.165, 1.54) is 12.4 Å². The minimum atomic E-state index is -0.0336. The maximum Gasteiger partial charge on any atom is 0.167 e. The standard InChI is InChI=1S/C17H15N3O2/c1-11-5-14(9-15(21)6-11)16(22)8-12-3-2-4-13(7-12)17-18-10-19-20-17/h2-7,9-10,21H,8H2,1H3,(H,18,19,20). The third-order valence-corrected chi connectivity index (χ3v) is 3.36. The van der Waals surface area contributed by atoms with E-state index in [4.69, 9.17) is 0 Å². The number of nitrogens with zero attached hydrogens (tertiary/aromatic N) is 2. The van der Waals surface area contributed by atoms with Crippen LogP contribution in [0.15, 0.2) is 48.8 Å². The van der Waals surface area contributed by atoms with E-state index in [0.29, 0.717) is 11.4 Å². The molecular formula is C17H15N3O2. The summed E-state index contributed by atoms with van der Waals surface area (Å²) in [6, 6.07) is 12.5. The van der Waals surface area contributed by atoms with Crippen LogP contribution in [0.2, 0.25) is 0 Å². The summed E-state index contributed by atoms with van der Waals surface area (Å²) in [5.41, 5.74) is 3.15. The predicted molar refractivity (Wildman–Crippen MR) is 82.7 cm³/mol. The third-order valence-electron chi connectivity index (χ3n) is 3.36. The Kier molecular flexibility index (Phi) is 3.70. The molecule has 0 bridgehead atoms. The summed E-state index contributed by atoms with van der Waals surface area (Å²) in [5, 5.41) is 16.2. The molecule has 22 heavy (non-hydrogen) atoms. The number of aromatic hydroxyl groups is 1. The molecule has 0 amide bonds. The van der Waals surface area contributed by atoms with Crippen LogP contribution < -0.4 is 0 Å². The molecule has 0 saturated carbocycles. The normalized spacial score (nSPS) is 10.6. The quantitative estimate of drug-likeness (QED) is 0.725. The number of rotatable bonds is 4. The number of phenolic OH excluding ortho intramolecular Hbond substituents is 1. The lowest BCUT2D eigenvalue weighted by atomic mass is 10.00. The molecule has 5 heteroatoms.